The summed E-state index contributed by atoms with van der Waals surface area (Å²) < 4.78 is 21.9. The van der Waals surface area contributed by atoms with Crippen LogP contribution in [-0.2, 0) is 20.1 Å². The number of hydrogen-bond donors (Lipinski definition) is 0. The third-order valence-electron chi connectivity index (χ3n) is 13.0. The molecule has 349 valence electrons. The minimum absolute atomic E-state index is 0. The van der Waals surface area contributed by atoms with E-state index in [0.717, 1.165) is 66.7 Å². The van der Waals surface area contributed by atoms with Gasteiger partial charge in [0.2, 0.25) is 0 Å². The molecule has 3 aromatic heterocycles. The average Bonchev–Trinajstić information content (AvgIpc) is 3.95. The van der Waals surface area contributed by atoms with Crippen LogP contribution in [-0.4, -0.2) is 22.6 Å². The molecule has 0 saturated carbocycles. The number of pyridine rings is 1. The van der Waals surface area contributed by atoms with Crippen LogP contribution in [0.15, 0.2) is 193 Å². The van der Waals surface area contributed by atoms with Gasteiger partial charge in [0.1, 0.15) is 5.58 Å². The maximum absolute atomic E-state index is 12.8. The van der Waals surface area contributed by atoms with Crippen molar-refractivity contribution in [2.45, 2.75) is 59.2 Å². The second kappa shape index (κ2) is 20.1. The quantitative estimate of drug-likeness (QED) is 0.107. The Kier molecular flexibility index (Phi) is 13.8. The van der Waals surface area contributed by atoms with E-state index in [2.05, 4.69) is 215 Å². The SMILES string of the molecule is CC(C)c1cc(-c2ccc(-c3ccccc3)cc2)cc(C(C)C)c1-n1c(-c2[c-]ccc3c2oc2cc(-c4ccccc4)ccc23)nc2ccccc21.C[Si](C)(C)c1ccc(-c2[c-]cc(F)cc2)nc1.[Ir]. The van der Waals surface area contributed by atoms with Gasteiger partial charge in [-0.3, -0.25) is 9.37 Å². The van der Waals surface area contributed by atoms with E-state index in [0.29, 0.717) is 0 Å². The van der Waals surface area contributed by atoms with Gasteiger partial charge in [-0.05, 0) is 97.6 Å². The predicted octanol–water partition coefficient (Wildman–Crippen LogP) is 16.9. The summed E-state index contributed by atoms with van der Waals surface area (Å²) in [5.74, 6) is 1.07. The summed E-state index contributed by atoms with van der Waals surface area (Å²) in [7, 11) is -1.30. The summed E-state index contributed by atoms with van der Waals surface area (Å²) in [5, 5.41) is 3.47. The molecule has 4 nitrogen and oxygen atoms in total. The van der Waals surface area contributed by atoms with Crippen LogP contribution in [0, 0.1) is 17.9 Å². The molecule has 0 atom stereocenters. The van der Waals surface area contributed by atoms with Gasteiger partial charge < -0.3 is 14.0 Å². The van der Waals surface area contributed by atoms with E-state index in [-0.39, 0.29) is 37.8 Å². The van der Waals surface area contributed by atoms with Gasteiger partial charge in [0, 0.05) is 43.2 Å². The van der Waals surface area contributed by atoms with Crippen LogP contribution in [0.2, 0.25) is 19.6 Å². The van der Waals surface area contributed by atoms with Crippen LogP contribution < -0.4 is 5.19 Å². The Balaban J connectivity index is 0.000000286. The number of furan rings is 1. The minimum Gasteiger partial charge on any atom is -0.501 e. The molecule has 1 radical (unpaired) electrons. The summed E-state index contributed by atoms with van der Waals surface area (Å²) in [6.07, 6.45) is 1.93. The summed E-state index contributed by atoms with van der Waals surface area (Å²) in [5.41, 5.74) is 17.1. The average molecular weight is 1110 g/mol. The number of benzene rings is 8. The van der Waals surface area contributed by atoms with Crippen molar-refractivity contribution in [2.24, 2.45) is 0 Å². The van der Waals surface area contributed by atoms with Crippen molar-refractivity contribution in [3.63, 3.8) is 0 Å². The number of nitrogens with zero attached hydrogens (tertiary/aromatic N) is 3. The first kappa shape index (κ1) is 48.0. The number of hydrogen-bond acceptors (Lipinski definition) is 3. The first-order valence-electron chi connectivity index (χ1n) is 23.8. The van der Waals surface area contributed by atoms with E-state index >= 15 is 0 Å². The van der Waals surface area contributed by atoms with Crippen LogP contribution >= 0.6 is 0 Å². The molecule has 8 aromatic carbocycles. The maximum Gasteiger partial charge on any atom is 0.121 e. The first-order chi connectivity index (χ1) is 33.4. The van der Waals surface area contributed by atoms with Gasteiger partial charge in [0.05, 0.1) is 30.5 Å². The minimum atomic E-state index is -1.30. The van der Waals surface area contributed by atoms with Gasteiger partial charge in [-0.2, -0.15) is 0 Å². The van der Waals surface area contributed by atoms with Crippen molar-refractivity contribution in [3.05, 3.63) is 217 Å². The summed E-state index contributed by atoms with van der Waals surface area (Å²) >= 11 is 0. The predicted molar refractivity (Wildman–Crippen MR) is 289 cm³/mol. The molecule has 0 spiro atoms. The Labute approximate surface area is 425 Å². The van der Waals surface area contributed by atoms with E-state index in [4.69, 9.17) is 9.40 Å². The zero-order chi connectivity index (χ0) is 47.8. The monoisotopic (exact) mass is 1110 g/mol. The molecule has 3 heterocycles. The van der Waals surface area contributed by atoms with E-state index in [1.54, 1.807) is 6.07 Å². The topological polar surface area (TPSA) is 43.9 Å². The third kappa shape index (κ3) is 9.62. The molecular formula is C63H54FIrN3OSi-2. The summed E-state index contributed by atoms with van der Waals surface area (Å²) in [6, 6.07) is 68.9. The molecule has 0 N–H and O–H groups in total. The largest absolute Gasteiger partial charge is 0.501 e. The fourth-order valence-corrected chi connectivity index (χ4v) is 10.2. The van der Waals surface area contributed by atoms with Crippen molar-refractivity contribution in [1.82, 2.24) is 14.5 Å². The van der Waals surface area contributed by atoms with Crippen LogP contribution in [0.4, 0.5) is 4.39 Å². The first-order valence-corrected chi connectivity index (χ1v) is 27.3. The molecule has 11 rings (SSSR count). The number of rotatable bonds is 9. The molecule has 0 aliphatic heterocycles. The van der Waals surface area contributed by atoms with Crippen LogP contribution in [0.3, 0.4) is 0 Å². The Hall–Kier alpha value is -7.02. The molecule has 0 unspecified atom stereocenters. The standard InChI is InChI=1S/C49H39N2O.C14H15FNSi.Ir/c1-31(2)42-28-38(36-24-22-35(23-25-36)33-14-7-5-8-15-33)29-43(32(3)4)47(42)51-45-21-12-11-20-44(45)50-49(51)41-19-13-18-40-39-27-26-37(30-46(39)52-48(40)41)34-16-9-6-10-17-34;1-17(2,3)13-8-9-14(16-10-13)11-4-6-12(15)7-5-11;/h5-18,20-32H,1-4H3;4,6-10H,1-3H3;/q2*-1;. The molecule has 0 fully saturated rings. The van der Waals surface area contributed by atoms with Crippen molar-refractivity contribution in [1.29, 1.82) is 0 Å². The van der Waals surface area contributed by atoms with Crippen LogP contribution in [0.1, 0.15) is 50.7 Å². The van der Waals surface area contributed by atoms with Gasteiger partial charge in [-0.15, -0.1) is 48.0 Å². The Morgan fingerprint density at radius 2 is 1.19 bits per heavy atom. The Morgan fingerprint density at radius 3 is 1.79 bits per heavy atom. The molecule has 0 aliphatic carbocycles. The van der Waals surface area contributed by atoms with E-state index in [1.807, 2.05) is 24.4 Å². The van der Waals surface area contributed by atoms with Gasteiger partial charge in [-0.1, -0.05) is 180 Å². The van der Waals surface area contributed by atoms with Crippen molar-refractivity contribution in [3.8, 4) is 61.7 Å². The second-order valence-electron chi connectivity index (χ2n) is 19.4. The maximum atomic E-state index is 12.8. The smallest absolute Gasteiger partial charge is 0.121 e. The fraction of sp³-hybridized carbons (Fsp3) is 0.143. The van der Waals surface area contributed by atoms with E-state index in [9.17, 15) is 4.39 Å². The molecule has 70 heavy (non-hydrogen) atoms. The number of halogens is 1. The van der Waals surface area contributed by atoms with Crippen LogP contribution in [0.5, 0.6) is 0 Å². The van der Waals surface area contributed by atoms with Gasteiger partial charge >= 0.3 is 0 Å². The van der Waals surface area contributed by atoms with Crippen molar-refractivity contribution in [2.75, 3.05) is 0 Å². The number of para-hydroxylation sites is 2. The van der Waals surface area contributed by atoms with Crippen molar-refractivity contribution >= 4 is 46.2 Å². The molecule has 7 heteroatoms. The second-order valence-corrected chi connectivity index (χ2v) is 24.5. The number of fused-ring (bicyclic) bond motifs is 4. The Bertz CT molecular complexity index is 3550. The normalized spacial score (nSPS) is 11.6. The zero-order valence-corrected chi connectivity index (χ0v) is 43.9. The van der Waals surface area contributed by atoms with E-state index < -0.39 is 8.07 Å². The Morgan fingerprint density at radius 1 is 0.586 bits per heavy atom. The number of aromatic nitrogens is 3. The molecule has 0 bridgehead atoms. The number of imidazole rings is 1. The molecular weight excluding hydrogens is 1050 g/mol. The van der Waals surface area contributed by atoms with E-state index in [1.165, 1.54) is 56.4 Å². The fourth-order valence-electron chi connectivity index (χ4n) is 9.17. The van der Waals surface area contributed by atoms with Crippen molar-refractivity contribution < 1.29 is 28.9 Å². The molecule has 0 aliphatic rings. The third-order valence-corrected chi connectivity index (χ3v) is 15.0. The van der Waals surface area contributed by atoms with Gasteiger partial charge in [0.25, 0.3) is 0 Å². The molecule has 0 amide bonds. The molecule has 11 aromatic rings. The summed E-state index contributed by atoms with van der Waals surface area (Å²) in [4.78, 5) is 9.76. The zero-order valence-electron chi connectivity index (χ0n) is 40.5. The summed E-state index contributed by atoms with van der Waals surface area (Å²) in [6.45, 7) is 16.0. The molecule has 0 saturated heterocycles. The van der Waals surface area contributed by atoms with Gasteiger partial charge in [-0.25, -0.2) is 0 Å². The van der Waals surface area contributed by atoms with Gasteiger partial charge in [0.15, 0.2) is 0 Å². The van der Waals surface area contributed by atoms with Crippen LogP contribution in [0.25, 0.3) is 94.7 Å².